The van der Waals surface area contributed by atoms with Gasteiger partial charge in [0, 0.05) is 64.3 Å². The highest BCUT2D eigenvalue weighted by atomic mass is 32.1. The second-order valence-electron chi connectivity index (χ2n) is 13.8. The molecular formula is C49H28N2OS. The van der Waals surface area contributed by atoms with E-state index in [0.717, 1.165) is 55.2 Å². The molecule has 0 atom stereocenters. The zero-order valence-corrected chi connectivity index (χ0v) is 29.2. The molecule has 0 bridgehead atoms. The van der Waals surface area contributed by atoms with Gasteiger partial charge in [-0.3, -0.25) is 0 Å². The molecule has 4 aromatic heterocycles. The molecular weight excluding hydrogens is 665 g/mol. The van der Waals surface area contributed by atoms with Crippen LogP contribution in [0.2, 0.25) is 0 Å². The summed E-state index contributed by atoms with van der Waals surface area (Å²) in [7, 11) is 0. The van der Waals surface area contributed by atoms with Gasteiger partial charge in [-0.2, -0.15) is 0 Å². The van der Waals surface area contributed by atoms with Crippen LogP contribution in [0.15, 0.2) is 174 Å². The first kappa shape index (κ1) is 28.9. The third kappa shape index (κ3) is 4.07. The van der Waals surface area contributed by atoms with Gasteiger partial charge in [-0.05, 0) is 48.0 Å². The Kier molecular flexibility index (Phi) is 5.93. The predicted molar refractivity (Wildman–Crippen MR) is 225 cm³/mol. The van der Waals surface area contributed by atoms with E-state index in [1.807, 2.05) is 17.4 Å². The summed E-state index contributed by atoms with van der Waals surface area (Å²) < 4.78 is 11.5. The van der Waals surface area contributed by atoms with E-state index in [9.17, 15) is 0 Å². The second-order valence-corrected chi connectivity index (χ2v) is 14.9. The maximum absolute atomic E-state index is 6.50. The first-order chi connectivity index (χ1) is 26.3. The molecule has 53 heavy (non-hydrogen) atoms. The number of hydrogen-bond donors (Lipinski definition) is 0. The van der Waals surface area contributed by atoms with Gasteiger partial charge in [-0.15, -0.1) is 11.3 Å². The summed E-state index contributed by atoms with van der Waals surface area (Å²) >= 11 is 1.88. The normalized spacial score (nSPS) is 12.2. The van der Waals surface area contributed by atoms with E-state index in [1.165, 1.54) is 58.4 Å². The number of fused-ring (bicyclic) bond motifs is 13. The molecule has 0 fully saturated rings. The number of pyridine rings is 1. The molecule has 0 aliphatic carbocycles. The molecule has 0 amide bonds. The third-order valence-electron chi connectivity index (χ3n) is 11.0. The lowest BCUT2D eigenvalue weighted by molar-refractivity contribution is 0.670. The Bertz CT molecular complexity index is 3460. The Balaban J connectivity index is 1.21. The van der Waals surface area contributed by atoms with Crippen molar-refractivity contribution in [3.05, 3.63) is 170 Å². The molecule has 0 N–H and O–H groups in total. The van der Waals surface area contributed by atoms with Gasteiger partial charge in [0.15, 0.2) is 0 Å². The predicted octanol–water partition coefficient (Wildman–Crippen LogP) is 14.1. The fourth-order valence-electron chi connectivity index (χ4n) is 8.67. The third-order valence-corrected chi connectivity index (χ3v) is 12.2. The maximum Gasteiger partial charge on any atom is 0.143 e. The van der Waals surface area contributed by atoms with Gasteiger partial charge < -0.3 is 8.98 Å². The van der Waals surface area contributed by atoms with Crippen molar-refractivity contribution in [1.82, 2.24) is 9.55 Å². The number of para-hydroxylation sites is 4. The largest absolute Gasteiger partial charge is 0.455 e. The number of benzene rings is 8. The standard InChI is InChI=1S/C49H28N2OS/c1-2-13-29(14-3-1)47-38-28-42(49-46(36-18-7-11-24-44(36)53-49)45(38)35-17-4-8-21-39(35)50-47)51-40-22-9-5-15-32(40)37-27-30(25-26-41(37)51)31-19-12-20-34-33-16-6-10-23-43(33)52-48(31)34/h1-28H. The fourth-order valence-corrected chi connectivity index (χ4v) is 9.88. The Hall–Kier alpha value is -6.75. The zero-order valence-electron chi connectivity index (χ0n) is 28.4. The molecule has 0 aliphatic rings. The minimum atomic E-state index is 0.911. The molecule has 4 heteroatoms. The van der Waals surface area contributed by atoms with Crippen molar-refractivity contribution in [2.45, 2.75) is 0 Å². The van der Waals surface area contributed by atoms with Crippen LogP contribution >= 0.6 is 11.3 Å². The van der Waals surface area contributed by atoms with Gasteiger partial charge in [-0.1, -0.05) is 127 Å². The molecule has 3 nitrogen and oxygen atoms in total. The van der Waals surface area contributed by atoms with Gasteiger partial charge in [0.25, 0.3) is 0 Å². The molecule has 0 aliphatic heterocycles. The summed E-state index contributed by atoms with van der Waals surface area (Å²) in [6.45, 7) is 0. The number of rotatable bonds is 3. The monoisotopic (exact) mass is 692 g/mol. The summed E-state index contributed by atoms with van der Waals surface area (Å²) in [4.78, 5) is 5.36. The highest BCUT2D eigenvalue weighted by molar-refractivity contribution is 7.26. The summed E-state index contributed by atoms with van der Waals surface area (Å²) in [6.07, 6.45) is 0. The van der Waals surface area contributed by atoms with E-state index >= 15 is 0 Å². The Morgan fingerprint density at radius 1 is 0.472 bits per heavy atom. The van der Waals surface area contributed by atoms with Crippen LogP contribution in [0.25, 0.3) is 114 Å². The van der Waals surface area contributed by atoms with Crippen molar-refractivity contribution in [2.24, 2.45) is 0 Å². The van der Waals surface area contributed by atoms with Gasteiger partial charge in [-0.25, -0.2) is 4.98 Å². The SMILES string of the molecule is c1ccc(-c2nc3ccccc3c3c2cc(-n2c4ccccc4c4cc(-c5cccc6c5oc5ccccc56)ccc42)c2sc4ccccc4c23)cc1. The quantitative estimate of drug-likeness (QED) is 0.173. The lowest BCUT2D eigenvalue weighted by Crippen LogP contribution is -1.97. The minimum absolute atomic E-state index is 0.911. The van der Waals surface area contributed by atoms with Crippen LogP contribution in [0.4, 0.5) is 0 Å². The molecule has 0 saturated carbocycles. The van der Waals surface area contributed by atoms with Gasteiger partial charge in [0.1, 0.15) is 11.2 Å². The highest BCUT2D eigenvalue weighted by Crippen LogP contribution is 2.48. The molecule has 8 aromatic carbocycles. The second kappa shape index (κ2) is 10.9. The van der Waals surface area contributed by atoms with Crippen molar-refractivity contribution in [3.63, 3.8) is 0 Å². The lowest BCUT2D eigenvalue weighted by Gasteiger charge is -2.16. The van der Waals surface area contributed by atoms with Crippen molar-refractivity contribution in [1.29, 1.82) is 0 Å². The maximum atomic E-state index is 6.50. The summed E-state index contributed by atoms with van der Waals surface area (Å²) in [5, 5.41) is 10.9. The van der Waals surface area contributed by atoms with Crippen LogP contribution in [-0.4, -0.2) is 9.55 Å². The number of furan rings is 1. The lowest BCUT2D eigenvalue weighted by atomic mass is 9.95. The van der Waals surface area contributed by atoms with E-state index in [0.29, 0.717) is 0 Å². The van der Waals surface area contributed by atoms with E-state index in [2.05, 4.69) is 168 Å². The smallest absolute Gasteiger partial charge is 0.143 e. The Morgan fingerprint density at radius 2 is 1.19 bits per heavy atom. The number of nitrogens with zero attached hydrogens (tertiary/aromatic N) is 2. The first-order valence-corrected chi connectivity index (χ1v) is 18.8. The molecule has 0 saturated heterocycles. The van der Waals surface area contributed by atoms with Crippen LogP contribution in [0.3, 0.4) is 0 Å². The zero-order chi connectivity index (χ0) is 34.6. The van der Waals surface area contributed by atoms with Crippen molar-refractivity contribution in [2.75, 3.05) is 0 Å². The molecule has 12 aromatic rings. The van der Waals surface area contributed by atoms with Crippen LogP contribution < -0.4 is 0 Å². The summed E-state index contributed by atoms with van der Waals surface area (Å²) in [5.74, 6) is 0. The fraction of sp³-hybridized carbons (Fsp3) is 0. The first-order valence-electron chi connectivity index (χ1n) is 18.0. The molecule has 0 radical (unpaired) electrons. The van der Waals surface area contributed by atoms with Gasteiger partial charge in [0.2, 0.25) is 0 Å². The number of thiophene rings is 1. The van der Waals surface area contributed by atoms with Crippen molar-refractivity contribution < 1.29 is 4.42 Å². The topological polar surface area (TPSA) is 31.0 Å². The number of hydrogen-bond acceptors (Lipinski definition) is 3. The van der Waals surface area contributed by atoms with E-state index < -0.39 is 0 Å². The van der Waals surface area contributed by atoms with Gasteiger partial charge in [0.05, 0.1) is 32.6 Å². The van der Waals surface area contributed by atoms with Crippen LogP contribution in [0.1, 0.15) is 0 Å². The van der Waals surface area contributed by atoms with Gasteiger partial charge >= 0.3 is 0 Å². The van der Waals surface area contributed by atoms with Crippen LogP contribution in [0.5, 0.6) is 0 Å². The Labute approximate surface area is 307 Å². The van der Waals surface area contributed by atoms with Crippen LogP contribution in [-0.2, 0) is 0 Å². The highest BCUT2D eigenvalue weighted by Gasteiger charge is 2.23. The average Bonchev–Trinajstić information content (AvgIpc) is 3.90. The number of aromatic nitrogens is 2. The average molecular weight is 693 g/mol. The summed E-state index contributed by atoms with van der Waals surface area (Å²) in [6, 6.07) is 61.0. The van der Waals surface area contributed by atoms with Crippen LogP contribution in [0, 0.1) is 0 Å². The van der Waals surface area contributed by atoms with Crippen molar-refractivity contribution in [3.8, 4) is 28.1 Å². The molecule has 0 unspecified atom stereocenters. The van der Waals surface area contributed by atoms with E-state index in [4.69, 9.17) is 9.40 Å². The Morgan fingerprint density at radius 3 is 2.09 bits per heavy atom. The minimum Gasteiger partial charge on any atom is -0.455 e. The molecule has 12 rings (SSSR count). The molecule has 4 heterocycles. The van der Waals surface area contributed by atoms with Crippen molar-refractivity contribution >= 4 is 96.9 Å². The molecule has 246 valence electrons. The van der Waals surface area contributed by atoms with E-state index in [1.54, 1.807) is 0 Å². The van der Waals surface area contributed by atoms with E-state index in [-0.39, 0.29) is 0 Å². The molecule has 0 spiro atoms. The summed E-state index contributed by atoms with van der Waals surface area (Å²) in [5.41, 5.74) is 10.7.